The highest BCUT2D eigenvalue weighted by Crippen LogP contribution is 2.48. The van der Waals surface area contributed by atoms with Gasteiger partial charge in [-0.25, -0.2) is 0 Å². The minimum atomic E-state index is -1.36. The Labute approximate surface area is 128 Å². The summed E-state index contributed by atoms with van der Waals surface area (Å²) in [6, 6.07) is 3.39. The molecule has 1 aliphatic carbocycles. The second-order valence-electron chi connectivity index (χ2n) is 5.89. The molecular formula is C14H9N3O6. The van der Waals surface area contributed by atoms with Crippen molar-refractivity contribution < 1.29 is 24.1 Å². The van der Waals surface area contributed by atoms with E-state index in [1.165, 1.54) is 6.07 Å². The predicted octanol–water partition coefficient (Wildman–Crippen LogP) is -0.00400. The molecule has 3 fully saturated rings. The highest BCUT2D eigenvalue weighted by atomic mass is 16.6. The first-order chi connectivity index (χ1) is 10.8. The van der Waals surface area contributed by atoms with Gasteiger partial charge in [0.15, 0.2) is 0 Å². The van der Waals surface area contributed by atoms with Gasteiger partial charge in [0.25, 0.3) is 23.4 Å². The van der Waals surface area contributed by atoms with Crippen LogP contribution in [0.1, 0.15) is 33.6 Å². The lowest BCUT2D eigenvalue weighted by Gasteiger charge is -2.52. The Bertz CT molecular complexity index is 839. The molecule has 4 aliphatic rings. The first kappa shape index (κ1) is 13.6. The number of nitro benzene ring substituents is 1. The molecule has 1 saturated carbocycles. The van der Waals surface area contributed by atoms with Crippen molar-refractivity contribution in [1.82, 2.24) is 10.2 Å². The summed E-state index contributed by atoms with van der Waals surface area (Å²) in [5.74, 6) is -2.87. The maximum Gasteiger partial charge on any atom is 0.270 e. The Kier molecular flexibility index (Phi) is 2.36. The standard InChI is InChI=1S/C14H9N3O6/c18-10-6-4-14(5-6,13(21)15-10)16-11(19)8-2-1-7(17(22)23)3-9(8)12(16)20/h1-3,6H,4-5H2,(H,15,18,21). The summed E-state index contributed by atoms with van der Waals surface area (Å²) in [5, 5.41) is 13.0. The fourth-order valence-corrected chi connectivity index (χ4v) is 3.47. The Morgan fingerprint density at radius 1 is 1.13 bits per heavy atom. The van der Waals surface area contributed by atoms with Gasteiger partial charge < -0.3 is 0 Å². The third-order valence-electron chi connectivity index (χ3n) is 4.71. The van der Waals surface area contributed by atoms with E-state index in [-0.39, 0.29) is 29.7 Å². The molecule has 0 radical (unpaired) electrons. The van der Waals surface area contributed by atoms with Crippen molar-refractivity contribution in [2.24, 2.45) is 5.92 Å². The average Bonchev–Trinajstić information content (AvgIpc) is 2.70. The highest BCUT2D eigenvalue weighted by molar-refractivity contribution is 6.25. The number of amides is 4. The zero-order chi connectivity index (χ0) is 16.5. The summed E-state index contributed by atoms with van der Waals surface area (Å²) in [5.41, 5.74) is -1.73. The van der Waals surface area contributed by atoms with Crippen LogP contribution in [0.15, 0.2) is 18.2 Å². The molecule has 116 valence electrons. The number of fused-ring (bicyclic) bond motifs is 3. The van der Waals surface area contributed by atoms with E-state index in [4.69, 9.17) is 0 Å². The molecule has 1 aromatic rings. The molecule has 1 aromatic carbocycles. The molecule has 9 nitrogen and oxygen atoms in total. The normalized spacial score (nSPS) is 28.3. The number of hydrogen-bond donors (Lipinski definition) is 1. The Hall–Kier alpha value is -3.10. The van der Waals surface area contributed by atoms with Crippen LogP contribution in [0.2, 0.25) is 0 Å². The van der Waals surface area contributed by atoms with E-state index in [0.29, 0.717) is 0 Å². The molecular weight excluding hydrogens is 306 g/mol. The molecule has 9 heteroatoms. The van der Waals surface area contributed by atoms with Crippen LogP contribution < -0.4 is 5.32 Å². The number of carbonyl (C=O) groups is 4. The van der Waals surface area contributed by atoms with E-state index in [0.717, 1.165) is 17.0 Å². The zero-order valence-electron chi connectivity index (χ0n) is 11.6. The van der Waals surface area contributed by atoms with Crippen LogP contribution >= 0.6 is 0 Å². The van der Waals surface area contributed by atoms with E-state index in [9.17, 15) is 29.3 Å². The van der Waals surface area contributed by atoms with Crippen molar-refractivity contribution in [3.05, 3.63) is 39.4 Å². The number of carbonyl (C=O) groups excluding carboxylic acids is 4. The van der Waals surface area contributed by atoms with E-state index >= 15 is 0 Å². The summed E-state index contributed by atoms with van der Waals surface area (Å²) in [7, 11) is 0. The highest BCUT2D eigenvalue weighted by Gasteiger charge is 2.65. The van der Waals surface area contributed by atoms with Crippen molar-refractivity contribution in [1.29, 1.82) is 0 Å². The summed E-state index contributed by atoms with van der Waals surface area (Å²) in [6.45, 7) is 0. The molecule has 0 atom stereocenters. The molecule has 1 N–H and O–H groups in total. The van der Waals surface area contributed by atoms with E-state index in [2.05, 4.69) is 5.32 Å². The summed E-state index contributed by atoms with van der Waals surface area (Å²) < 4.78 is 0. The van der Waals surface area contributed by atoms with Crippen molar-refractivity contribution in [3.63, 3.8) is 0 Å². The SMILES string of the molecule is O=C1NC(=O)C2(N3C(=O)c4ccc([N+](=O)[O-])cc4C3=O)CC1C2. The maximum atomic E-state index is 12.6. The van der Waals surface area contributed by atoms with Crippen LogP contribution in [0.25, 0.3) is 0 Å². The largest absolute Gasteiger partial charge is 0.294 e. The van der Waals surface area contributed by atoms with Gasteiger partial charge in [-0.2, -0.15) is 0 Å². The summed E-state index contributed by atoms with van der Waals surface area (Å²) in [4.78, 5) is 59.8. The van der Waals surface area contributed by atoms with Crippen molar-refractivity contribution >= 4 is 29.3 Å². The first-order valence-electron chi connectivity index (χ1n) is 6.88. The third kappa shape index (κ3) is 1.50. The minimum absolute atomic E-state index is 0.0307. The Morgan fingerprint density at radius 2 is 1.78 bits per heavy atom. The van der Waals surface area contributed by atoms with Gasteiger partial charge in [-0.1, -0.05) is 0 Å². The van der Waals surface area contributed by atoms with E-state index in [1.54, 1.807) is 0 Å². The number of nitro groups is 1. The van der Waals surface area contributed by atoms with Gasteiger partial charge in [0.2, 0.25) is 5.91 Å². The second kappa shape index (κ2) is 4.00. The Balaban J connectivity index is 1.77. The molecule has 2 bridgehead atoms. The fourth-order valence-electron chi connectivity index (χ4n) is 3.47. The summed E-state index contributed by atoms with van der Waals surface area (Å²) >= 11 is 0. The molecule has 5 rings (SSSR count). The van der Waals surface area contributed by atoms with E-state index < -0.39 is 40.0 Å². The molecule has 0 aromatic heterocycles. The fraction of sp³-hybridized carbons (Fsp3) is 0.286. The second-order valence-corrected chi connectivity index (χ2v) is 5.89. The number of benzene rings is 1. The van der Waals surface area contributed by atoms with Gasteiger partial charge in [-0.3, -0.25) is 39.5 Å². The monoisotopic (exact) mass is 315 g/mol. The van der Waals surface area contributed by atoms with Crippen molar-refractivity contribution in [2.75, 3.05) is 0 Å². The van der Waals surface area contributed by atoms with Gasteiger partial charge in [-0.05, 0) is 18.9 Å². The lowest BCUT2D eigenvalue weighted by Crippen LogP contribution is -2.74. The molecule has 2 saturated heterocycles. The number of hydrogen-bond acceptors (Lipinski definition) is 6. The number of non-ortho nitro benzene ring substituents is 1. The van der Waals surface area contributed by atoms with Crippen LogP contribution in [0.5, 0.6) is 0 Å². The van der Waals surface area contributed by atoms with Gasteiger partial charge in [0.1, 0.15) is 5.54 Å². The van der Waals surface area contributed by atoms with Crippen molar-refractivity contribution in [3.8, 4) is 0 Å². The molecule has 0 spiro atoms. The van der Waals surface area contributed by atoms with Crippen LogP contribution in [-0.4, -0.2) is 39.0 Å². The molecule has 3 heterocycles. The smallest absolute Gasteiger partial charge is 0.270 e. The lowest BCUT2D eigenvalue weighted by atomic mass is 9.63. The maximum absolute atomic E-state index is 12.6. The number of imide groups is 2. The quantitative estimate of drug-likeness (QED) is 0.465. The van der Waals surface area contributed by atoms with Gasteiger partial charge >= 0.3 is 0 Å². The number of nitrogens with zero attached hydrogens (tertiary/aromatic N) is 2. The van der Waals surface area contributed by atoms with Crippen LogP contribution in [-0.2, 0) is 9.59 Å². The zero-order valence-corrected chi connectivity index (χ0v) is 11.6. The lowest BCUT2D eigenvalue weighted by molar-refractivity contribution is -0.384. The van der Waals surface area contributed by atoms with E-state index in [1.807, 2.05) is 0 Å². The average molecular weight is 315 g/mol. The van der Waals surface area contributed by atoms with Crippen LogP contribution in [0.4, 0.5) is 5.69 Å². The Morgan fingerprint density at radius 3 is 2.39 bits per heavy atom. The predicted molar refractivity (Wildman–Crippen MR) is 72.2 cm³/mol. The number of nitrogens with one attached hydrogen (secondary N) is 1. The van der Waals surface area contributed by atoms with Gasteiger partial charge in [0, 0.05) is 18.1 Å². The third-order valence-corrected chi connectivity index (χ3v) is 4.71. The number of piperidine rings is 2. The number of rotatable bonds is 2. The van der Waals surface area contributed by atoms with Gasteiger partial charge in [0.05, 0.1) is 16.1 Å². The molecule has 0 unspecified atom stereocenters. The first-order valence-corrected chi connectivity index (χ1v) is 6.88. The topological polar surface area (TPSA) is 127 Å². The minimum Gasteiger partial charge on any atom is -0.294 e. The summed E-state index contributed by atoms with van der Waals surface area (Å²) in [6.07, 6.45) is 0.205. The molecule has 3 aliphatic heterocycles. The molecule has 23 heavy (non-hydrogen) atoms. The van der Waals surface area contributed by atoms with Gasteiger partial charge in [-0.15, -0.1) is 0 Å². The van der Waals surface area contributed by atoms with Crippen LogP contribution in [0, 0.1) is 16.0 Å². The van der Waals surface area contributed by atoms with Crippen molar-refractivity contribution in [2.45, 2.75) is 18.4 Å². The van der Waals surface area contributed by atoms with Crippen LogP contribution in [0.3, 0.4) is 0 Å². The molecule has 4 amide bonds.